The molecule has 0 radical (unpaired) electrons. The predicted octanol–water partition coefficient (Wildman–Crippen LogP) is 11.1. The highest BCUT2D eigenvalue weighted by Gasteiger charge is 2.46. The van der Waals surface area contributed by atoms with E-state index in [1.54, 1.807) is 0 Å². The summed E-state index contributed by atoms with van der Waals surface area (Å²) in [7, 11) is 0. The summed E-state index contributed by atoms with van der Waals surface area (Å²) in [5.41, 5.74) is 13.9. The Labute approximate surface area is 309 Å². The van der Waals surface area contributed by atoms with E-state index in [1.807, 2.05) is 24.3 Å². The zero-order chi connectivity index (χ0) is 35.2. The van der Waals surface area contributed by atoms with E-state index in [4.69, 9.17) is 9.98 Å². The van der Waals surface area contributed by atoms with Gasteiger partial charge in [-0.15, -0.1) is 0 Å². The third kappa shape index (κ3) is 5.12. The van der Waals surface area contributed by atoms with E-state index >= 15 is 0 Å². The van der Waals surface area contributed by atoms with Gasteiger partial charge in [0.25, 0.3) is 0 Å². The monoisotopic (exact) mass is 677 g/mol. The van der Waals surface area contributed by atoms with Crippen LogP contribution < -0.4 is 15.6 Å². The normalized spacial score (nSPS) is 13.7. The van der Waals surface area contributed by atoms with Gasteiger partial charge in [-0.1, -0.05) is 158 Å². The molecule has 1 aliphatic carbocycles. The first-order valence-electron chi connectivity index (χ1n) is 18.2. The number of fused-ring (bicyclic) bond motifs is 4. The summed E-state index contributed by atoms with van der Waals surface area (Å²) >= 11 is 0. The molecule has 0 saturated carbocycles. The second-order valence-electron chi connectivity index (χ2n) is 13.7. The highest BCUT2D eigenvalue weighted by molar-refractivity contribution is 5.87. The van der Waals surface area contributed by atoms with Gasteiger partial charge in [-0.25, -0.2) is 0 Å². The highest BCUT2D eigenvalue weighted by atomic mass is 15.1. The lowest BCUT2D eigenvalue weighted by atomic mass is 9.67. The molecular weight excluding hydrogens is 643 g/mol. The molecule has 8 aromatic carbocycles. The smallest absolute Gasteiger partial charge is 0.166 e. The van der Waals surface area contributed by atoms with Crippen LogP contribution in [0.3, 0.4) is 0 Å². The van der Waals surface area contributed by atoms with E-state index < -0.39 is 5.41 Å². The maximum absolute atomic E-state index is 4.92. The number of nitrogens with zero attached hydrogens (tertiary/aromatic N) is 3. The van der Waals surface area contributed by atoms with Crippen molar-refractivity contribution in [1.29, 1.82) is 0 Å². The number of para-hydroxylation sites is 3. The standard InChI is InChI=1S/C50H35N3/c1-3-13-35(14-4-1)36-25-31-41(32-26-36)53(40-15-5-2-6-16-40)42-33-29-39(30-34-42)50(45-19-9-7-17-43(45)44-18-8-10-20-46(44)50)38-27-23-37(24-28-38)49-51-47-21-11-12-22-48(47)52-49/h1-34,49H. The second-order valence-corrected chi connectivity index (χ2v) is 13.7. The molecule has 0 atom stereocenters. The fraction of sp³-hybridized carbons (Fsp3) is 0.0400. The quantitative estimate of drug-likeness (QED) is 0.165. The van der Waals surface area contributed by atoms with Gasteiger partial charge in [-0.05, 0) is 98.6 Å². The zero-order valence-electron chi connectivity index (χ0n) is 29.0. The van der Waals surface area contributed by atoms with Gasteiger partial charge in [0.2, 0.25) is 0 Å². The summed E-state index contributed by atoms with van der Waals surface area (Å²) in [6, 6.07) is 74.2. The molecule has 3 heteroatoms. The molecule has 0 unspecified atom stereocenters. The van der Waals surface area contributed by atoms with Gasteiger partial charge in [0, 0.05) is 17.1 Å². The van der Waals surface area contributed by atoms with Crippen molar-refractivity contribution in [3.05, 3.63) is 245 Å². The summed E-state index contributed by atoms with van der Waals surface area (Å²) in [5.74, 6) is 0. The molecule has 1 heterocycles. The van der Waals surface area contributed by atoms with Crippen molar-refractivity contribution in [2.75, 3.05) is 4.90 Å². The first-order chi connectivity index (χ1) is 26.3. The first-order valence-corrected chi connectivity index (χ1v) is 18.2. The van der Waals surface area contributed by atoms with Crippen LogP contribution >= 0.6 is 0 Å². The summed E-state index contributed by atoms with van der Waals surface area (Å²) in [6.45, 7) is 0. The molecule has 0 fully saturated rings. The van der Waals surface area contributed by atoms with Crippen molar-refractivity contribution in [1.82, 2.24) is 0 Å². The lowest BCUT2D eigenvalue weighted by Gasteiger charge is -2.34. The molecule has 3 nitrogen and oxygen atoms in total. The minimum Gasteiger partial charge on any atom is -0.311 e. The van der Waals surface area contributed by atoms with Gasteiger partial charge in [0.15, 0.2) is 6.17 Å². The Morgan fingerprint density at radius 1 is 0.358 bits per heavy atom. The van der Waals surface area contributed by atoms with Gasteiger partial charge in [0.05, 0.1) is 16.1 Å². The van der Waals surface area contributed by atoms with Crippen molar-refractivity contribution in [2.45, 2.75) is 11.6 Å². The Morgan fingerprint density at radius 3 is 1.34 bits per heavy atom. The SMILES string of the molecule is c1ccc(-c2ccc(N(c3ccccc3)c3ccc(C4(c5ccc(C6N=c7ccccc7=N6)cc5)c5ccccc5-c5ccccc54)cc3)cc2)cc1. The molecule has 0 saturated heterocycles. The molecule has 250 valence electrons. The van der Waals surface area contributed by atoms with Crippen LogP contribution in [0.5, 0.6) is 0 Å². The van der Waals surface area contributed by atoms with Crippen LogP contribution in [0.2, 0.25) is 0 Å². The van der Waals surface area contributed by atoms with Crippen LogP contribution in [0.25, 0.3) is 22.3 Å². The van der Waals surface area contributed by atoms with Crippen LogP contribution in [0.15, 0.2) is 216 Å². The van der Waals surface area contributed by atoms with Crippen LogP contribution in [-0.2, 0) is 5.41 Å². The van der Waals surface area contributed by atoms with Crippen LogP contribution in [0.1, 0.15) is 34.0 Å². The van der Waals surface area contributed by atoms with Crippen LogP contribution in [-0.4, -0.2) is 0 Å². The van der Waals surface area contributed by atoms with Gasteiger partial charge < -0.3 is 4.90 Å². The Kier molecular flexibility index (Phi) is 7.43. The van der Waals surface area contributed by atoms with E-state index in [9.17, 15) is 0 Å². The average Bonchev–Trinajstić information content (AvgIpc) is 3.81. The molecule has 0 aromatic heterocycles. The predicted molar refractivity (Wildman–Crippen MR) is 215 cm³/mol. The maximum atomic E-state index is 4.92. The average molecular weight is 678 g/mol. The number of hydrogen-bond donors (Lipinski definition) is 0. The minimum absolute atomic E-state index is 0.231. The fourth-order valence-corrected chi connectivity index (χ4v) is 8.37. The van der Waals surface area contributed by atoms with Crippen molar-refractivity contribution >= 4 is 17.1 Å². The van der Waals surface area contributed by atoms with Gasteiger partial charge in [0.1, 0.15) is 0 Å². The van der Waals surface area contributed by atoms with E-state index in [1.165, 1.54) is 44.5 Å². The molecule has 2 aliphatic rings. The first kappa shape index (κ1) is 30.9. The second kappa shape index (κ2) is 12.7. The van der Waals surface area contributed by atoms with Gasteiger partial charge >= 0.3 is 0 Å². The number of anilines is 3. The van der Waals surface area contributed by atoms with Crippen LogP contribution in [0.4, 0.5) is 17.1 Å². The molecule has 0 bridgehead atoms. The van der Waals surface area contributed by atoms with Crippen LogP contribution in [0, 0.1) is 0 Å². The van der Waals surface area contributed by atoms with Crippen molar-refractivity contribution in [2.24, 2.45) is 9.98 Å². The topological polar surface area (TPSA) is 28.0 Å². The molecule has 0 amide bonds. The zero-order valence-corrected chi connectivity index (χ0v) is 29.0. The Bertz CT molecular complexity index is 2620. The summed E-state index contributed by atoms with van der Waals surface area (Å²) < 4.78 is 0. The molecule has 53 heavy (non-hydrogen) atoms. The highest BCUT2D eigenvalue weighted by Crippen LogP contribution is 2.56. The summed E-state index contributed by atoms with van der Waals surface area (Å²) in [5, 5.41) is 1.90. The van der Waals surface area contributed by atoms with E-state index in [0.717, 1.165) is 33.3 Å². The molecule has 10 rings (SSSR count). The van der Waals surface area contributed by atoms with Gasteiger partial charge in [-0.2, -0.15) is 0 Å². The largest absolute Gasteiger partial charge is 0.311 e. The lowest BCUT2D eigenvalue weighted by Crippen LogP contribution is -2.28. The fourth-order valence-electron chi connectivity index (χ4n) is 8.37. The Hall–Kier alpha value is -6.84. The third-order valence-electron chi connectivity index (χ3n) is 10.8. The van der Waals surface area contributed by atoms with Crippen molar-refractivity contribution in [3.8, 4) is 22.3 Å². The molecule has 0 N–H and O–H groups in total. The summed E-state index contributed by atoms with van der Waals surface area (Å²) in [4.78, 5) is 12.2. The summed E-state index contributed by atoms with van der Waals surface area (Å²) in [6.07, 6.45) is -0.231. The van der Waals surface area contributed by atoms with Crippen molar-refractivity contribution < 1.29 is 0 Å². The van der Waals surface area contributed by atoms with E-state index in [2.05, 4.69) is 187 Å². The Morgan fingerprint density at radius 2 is 0.774 bits per heavy atom. The van der Waals surface area contributed by atoms with Crippen molar-refractivity contribution in [3.63, 3.8) is 0 Å². The minimum atomic E-state index is -0.508. The van der Waals surface area contributed by atoms with Gasteiger partial charge in [-0.3, -0.25) is 9.98 Å². The molecule has 1 aliphatic heterocycles. The Balaban J connectivity index is 1.10. The lowest BCUT2D eigenvalue weighted by molar-refractivity contribution is 0.752. The number of rotatable bonds is 7. The number of benzene rings is 8. The number of hydrogen-bond acceptors (Lipinski definition) is 3. The van der Waals surface area contributed by atoms with E-state index in [-0.39, 0.29) is 6.17 Å². The van der Waals surface area contributed by atoms with E-state index in [0.29, 0.717) is 0 Å². The maximum Gasteiger partial charge on any atom is 0.166 e. The molecule has 8 aromatic rings. The molecular formula is C50H35N3. The molecule has 0 spiro atoms. The third-order valence-corrected chi connectivity index (χ3v) is 10.8.